The van der Waals surface area contributed by atoms with E-state index in [-0.39, 0.29) is 11.5 Å². The molecule has 1 saturated heterocycles. The summed E-state index contributed by atoms with van der Waals surface area (Å²) < 4.78 is 5.02. The lowest BCUT2D eigenvalue weighted by Crippen LogP contribution is -2.48. The highest BCUT2D eigenvalue weighted by Crippen LogP contribution is 2.24. The molecule has 3 nitrogen and oxygen atoms in total. The van der Waals surface area contributed by atoms with Crippen LogP contribution in [0.5, 0.6) is 0 Å². The van der Waals surface area contributed by atoms with Crippen LogP contribution in [0.1, 0.15) is 33.1 Å². The van der Waals surface area contributed by atoms with Crippen molar-refractivity contribution >= 4 is 5.97 Å². The van der Waals surface area contributed by atoms with Gasteiger partial charge in [0.25, 0.3) is 0 Å². The van der Waals surface area contributed by atoms with Gasteiger partial charge in [0.15, 0.2) is 0 Å². The molecule has 70 valence electrons. The molecule has 1 heterocycles. The molecular formula is C9H17NO2. The molecule has 12 heavy (non-hydrogen) atoms. The van der Waals surface area contributed by atoms with Crippen molar-refractivity contribution in [3.8, 4) is 0 Å². The number of rotatable bonds is 3. The Morgan fingerprint density at radius 2 is 2.33 bits per heavy atom. The van der Waals surface area contributed by atoms with Crippen LogP contribution < -0.4 is 5.32 Å². The second kappa shape index (κ2) is 3.90. The van der Waals surface area contributed by atoms with Crippen molar-refractivity contribution in [2.45, 2.75) is 38.6 Å². The largest absolute Gasteiger partial charge is 0.465 e. The molecule has 0 aromatic heterocycles. The maximum absolute atomic E-state index is 11.5. The molecule has 0 unspecified atom stereocenters. The van der Waals surface area contributed by atoms with Crippen molar-refractivity contribution in [2.24, 2.45) is 0 Å². The van der Waals surface area contributed by atoms with E-state index in [1.807, 2.05) is 13.8 Å². The van der Waals surface area contributed by atoms with E-state index >= 15 is 0 Å². The number of hydrogen-bond donors (Lipinski definition) is 1. The number of ether oxygens (including phenoxy) is 1. The van der Waals surface area contributed by atoms with Crippen molar-refractivity contribution in [2.75, 3.05) is 13.2 Å². The summed E-state index contributed by atoms with van der Waals surface area (Å²) in [5.74, 6) is -0.0787. The van der Waals surface area contributed by atoms with Crippen LogP contribution in [0.25, 0.3) is 0 Å². The van der Waals surface area contributed by atoms with E-state index < -0.39 is 0 Å². The molecule has 0 saturated carbocycles. The summed E-state index contributed by atoms with van der Waals surface area (Å²) in [4.78, 5) is 11.5. The van der Waals surface area contributed by atoms with Gasteiger partial charge in [0.2, 0.25) is 0 Å². The normalized spacial score (nSPS) is 28.8. The standard InChI is InChI=1S/C9H17NO2/c1-3-9(6-5-7-10-9)8(11)12-4-2/h10H,3-7H2,1-2H3/t9-/m0/s1. The van der Waals surface area contributed by atoms with Crippen LogP contribution in [0.3, 0.4) is 0 Å². The Morgan fingerprint density at radius 3 is 2.75 bits per heavy atom. The highest BCUT2D eigenvalue weighted by Gasteiger charge is 2.40. The summed E-state index contributed by atoms with van der Waals surface area (Å²) in [5.41, 5.74) is -0.365. The van der Waals surface area contributed by atoms with Crippen molar-refractivity contribution in [3.63, 3.8) is 0 Å². The van der Waals surface area contributed by atoms with E-state index in [2.05, 4.69) is 5.32 Å². The predicted octanol–water partition coefficient (Wildman–Crippen LogP) is 1.08. The summed E-state index contributed by atoms with van der Waals surface area (Å²) in [6, 6.07) is 0. The fraction of sp³-hybridized carbons (Fsp3) is 0.889. The molecule has 0 aromatic rings. The molecule has 0 aromatic carbocycles. The SMILES string of the molecule is CCOC(=O)[C@]1(CC)CCCN1. The van der Waals surface area contributed by atoms with Crippen molar-refractivity contribution in [1.82, 2.24) is 5.32 Å². The highest BCUT2D eigenvalue weighted by atomic mass is 16.5. The molecule has 1 aliphatic heterocycles. The minimum absolute atomic E-state index is 0.0787. The van der Waals surface area contributed by atoms with E-state index in [4.69, 9.17) is 4.74 Å². The third kappa shape index (κ3) is 1.61. The first-order chi connectivity index (χ1) is 5.75. The smallest absolute Gasteiger partial charge is 0.326 e. The average molecular weight is 171 g/mol. The lowest BCUT2D eigenvalue weighted by molar-refractivity contribution is -0.150. The molecule has 0 bridgehead atoms. The van der Waals surface area contributed by atoms with E-state index in [1.54, 1.807) is 0 Å². The molecule has 0 radical (unpaired) electrons. The lowest BCUT2D eigenvalue weighted by Gasteiger charge is -2.24. The third-order valence-corrected chi connectivity index (χ3v) is 2.51. The minimum Gasteiger partial charge on any atom is -0.465 e. The van der Waals surface area contributed by atoms with Crippen molar-refractivity contribution in [1.29, 1.82) is 0 Å². The van der Waals surface area contributed by atoms with Gasteiger partial charge in [0.05, 0.1) is 6.61 Å². The number of nitrogens with one attached hydrogen (secondary N) is 1. The van der Waals surface area contributed by atoms with Crippen LogP contribution >= 0.6 is 0 Å². The summed E-state index contributed by atoms with van der Waals surface area (Å²) in [5, 5.41) is 3.23. The first-order valence-electron chi connectivity index (χ1n) is 4.67. The maximum Gasteiger partial charge on any atom is 0.326 e. The third-order valence-electron chi connectivity index (χ3n) is 2.51. The zero-order chi connectivity index (χ0) is 9.03. The monoisotopic (exact) mass is 171 g/mol. The number of hydrogen-bond acceptors (Lipinski definition) is 3. The van der Waals surface area contributed by atoms with Crippen LogP contribution in [0.2, 0.25) is 0 Å². The van der Waals surface area contributed by atoms with Gasteiger partial charge in [0.1, 0.15) is 5.54 Å². The van der Waals surface area contributed by atoms with E-state index in [9.17, 15) is 4.79 Å². The fourth-order valence-corrected chi connectivity index (χ4v) is 1.70. The second-order valence-electron chi connectivity index (χ2n) is 3.19. The second-order valence-corrected chi connectivity index (χ2v) is 3.19. The first-order valence-corrected chi connectivity index (χ1v) is 4.67. The van der Waals surface area contributed by atoms with E-state index in [0.717, 1.165) is 25.8 Å². The number of esters is 1. The fourth-order valence-electron chi connectivity index (χ4n) is 1.70. The Labute approximate surface area is 73.5 Å². The predicted molar refractivity (Wildman–Crippen MR) is 46.9 cm³/mol. The number of carbonyl (C=O) groups is 1. The van der Waals surface area contributed by atoms with Gasteiger partial charge in [-0.1, -0.05) is 6.92 Å². The zero-order valence-corrected chi connectivity index (χ0v) is 7.85. The van der Waals surface area contributed by atoms with Crippen LogP contribution in [0, 0.1) is 0 Å². The molecule has 0 spiro atoms. The average Bonchev–Trinajstić information content (AvgIpc) is 2.54. The summed E-state index contributed by atoms with van der Waals surface area (Å²) in [6.45, 7) is 5.28. The van der Waals surface area contributed by atoms with Gasteiger partial charge in [-0.05, 0) is 32.7 Å². The first kappa shape index (κ1) is 9.52. The zero-order valence-electron chi connectivity index (χ0n) is 7.85. The quantitative estimate of drug-likeness (QED) is 0.646. The van der Waals surface area contributed by atoms with Crippen LogP contribution in [-0.4, -0.2) is 24.7 Å². The van der Waals surface area contributed by atoms with Gasteiger partial charge in [0, 0.05) is 0 Å². The van der Waals surface area contributed by atoms with Gasteiger partial charge in [-0.15, -0.1) is 0 Å². The molecule has 1 atom stereocenters. The Morgan fingerprint density at radius 1 is 1.58 bits per heavy atom. The van der Waals surface area contributed by atoms with Gasteiger partial charge in [-0.3, -0.25) is 4.79 Å². The lowest BCUT2D eigenvalue weighted by atomic mass is 9.94. The highest BCUT2D eigenvalue weighted by molar-refractivity contribution is 5.81. The Balaban J connectivity index is 2.59. The van der Waals surface area contributed by atoms with Gasteiger partial charge in [-0.2, -0.15) is 0 Å². The Hall–Kier alpha value is -0.570. The van der Waals surface area contributed by atoms with Crippen molar-refractivity contribution < 1.29 is 9.53 Å². The summed E-state index contributed by atoms with van der Waals surface area (Å²) >= 11 is 0. The molecular weight excluding hydrogens is 154 g/mol. The maximum atomic E-state index is 11.5. The van der Waals surface area contributed by atoms with Gasteiger partial charge in [-0.25, -0.2) is 0 Å². The minimum atomic E-state index is -0.365. The van der Waals surface area contributed by atoms with Crippen LogP contribution in [0.4, 0.5) is 0 Å². The molecule has 0 aliphatic carbocycles. The van der Waals surface area contributed by atoms with Crippen molar-refractivity contribution in [3.05, 3.63) is 0 Å². The molecule has 1 N–H and O–H groups in total. The summed E-state index contributed by atoms with van der Waals surface area (Å²) in [6.07, 6.45) is 2.82. The van der Waals surface area contributed by atoms with E-state index in [1.165, 1.54) is 0 Å². The Kier molecular flexibility index (Phi) is 3.09. The van der Waals surface area contributed by atoms with Gasteiger partial charge >= 0.3 is 5.97 Å². The van der Waals surface area contributed by atoms with Crippen LogP contribution in [-0.2, 0) is 9.53 Å². The number of carbonyl (C=O) groups excluding carboxylic acids is 1. The topological polar surface area (TPSA) is 38.3 Å². The van der Waals surface area contributed by atoms with Crippen LogP contribution in [0.15, 0.2) is 0 Å². The Bertz CT molecular complexity index is 162. The molecule has 3 heteroatoms. The summed E-state index contributed by atoms with van der Waals surface area (Å²) in [7, 11) is 0. The molecule has 1 rings (SSSR count). The van der Waals surface area contributed by atoms with Gasteiger partial charge < -0.3 is 10.1 Å². The molecule has 1 aliphatic rings. The molecule has 0 amide bonds. The molecule has 1 fully saturated rings. The van der Waals surface area contributed by atoms with E-state index in [0.29, 0.717) is 6.61 Å².